The van der Waals surface area contributed by atoms with Crippen LogP contribution in [0.2, 0.25) is 0 Å². The first kappa shape index (κ1) is 11.1. The Labute approximate surface area is 86.0 Å². The van der Waals surface area contributed by atoms with Crippen LogP contribution in [0.1, 0.15) is 25.8 Å². The third kappa shape index (κ3) is 3.38. The Kier molecular flexibility index (Phi) is 4.47. The smallest absolute Gasteiger partial charge is 0.115 e. The van der Waals surface area contributed by atoms with Gasteiger partial charge in [0.1, 0.15) is 5.75 Å². The fraction of sp³-hybridized carbons (Fsp3) is 0.500. The maximum absolute atomic E-state index is 9.14. The molecule has 0 saturated heterocycles. The van der Waals surface area contributed by atoms with E-state index in [1.54, 1.807) is 12.1 Å². The van der Waals surface area contributed by atoms with Gasteiger partial charge in [-0.2, -0.15) is 0 Å². The standard InChI is InChI=1S/C12H19NO/c1-3-11(13-4-2)9-10-5-7-12(14)8-6-10/h5-8,11,13-14H,3-4,9H2,1-2H3. The molecule has 1 aromatic rings. The van der Waals surface area contributed by atoms with E-state index < -0.39 is 0 Å². The zero-order valence-electron chi connectivity index (χ0n) is 8.96. The van der Waals surface area contributed by atoms with Crippen LogP contribution >= 0.6 is 0 Å². The molecule has 0 spiro atoms. The van der Waals surface area contributed by atoms with E-state index in [9.17, 15) is 0 Å². The topological polar surface area (TPSA) is 32.3 Å². The molecule has 78 valence electrons. The molecule has 1 unspecified atom stereocenters. The van der Waals surface area contributed by atoms with E-state index in [0.29, 0.717) is 11.8 Å². The largest absolute Gasteiger partial charge is 0.508 e. The molecule has 0 heterocycles. The van der Waals surface area contributed by atoms with Crippen LogP contribution < -0.4 is 5.32 Å². The van der Waals surface area contributed by atoms with Crippen molar-refractivity contribution in [3.05, 3.63) is 29.8 Å². The Morgan fingerprint density at radius 2 is 1.86 bits per heavy atom. The van der Waals surface area contributed by atoms with E-state index in [1.165, 1.54) is 5.56 Å². The van der Waals surface area contributed by atoms with Crippen LogP contribution in [-0.2, 0) is 6.42 Å². The number of nitrogens with one attached hydrogen (secondary N) is 1. The molecule has 0 aliphatic heterocycles. The molecule has 0 aromatic heterocycles. The van der Waals surface area contributed by atoms with Crippen molar-refractivity contribution in [1.29, 1.82) is 0 Å². The monoisotopic (exact) mass is 193 g/mol. The molecule has 0 amide bonds. The van der Waals surface area contributed by atoms with Crippen molar-refractivity contribution >= 4 is 0 Å². The third-order valence-corrected chi connectivity index (χ3v) is 2.40. The summed E-state index contributed by atoms with van der Waals surface area (Å²) in [6, 6.07) is 8.00. The van der Waals surface area contributed by atoms with Crippen molar-refractivity contribution in [2.45, 2.75) is 32.7 Å². The average molecular weight is 193 g/mol. The van der Waals surface area contributed by atoms with Crippen LogP contribution in [0, 0.1) is 0 Å². The number of rotatable bonds is 5. The summed E-state index contributed by atoms with van der Waals surface area (Å²) < 4.78 is 0. The molecule has 0 fully saturated rings. The van der Waals surface area contributed by atoms with Gasteiger partial charge in [0.05, 0.1) is 0 Å². The highest BCUT2D eigenvalue weighted by molar-refractivity contribution is 5.26. The molecular formula is C12H19NO. The van der Waals surface area contributed by atoms with Gasteiger partial charge in [-0.15, -0.1) is 0 Å². The Balaban J connectivity index is 2.53. The van der Waals surface area contributed by atoms with Crippen LogP contribution in [0.3, 0.4) is 0 Å². The summed E-state index contributed by atoms with van der Waals surface area (Å²) in [6.07, 6.45) is 2.17. The first-order valence-corrected chi connectivity index (χ1v) is 5.27. The van der Waals surface area contributed by atoms with Crippen molar-refractivity contribution in [2.75, 3.05) is 6.54 Å². The average Bonchev–Trinajstić information content (AvgIpc) is 2.20. The van der Waals surface area contributed by atoms with E-state index in [1.807, 2.05) is 12.1 Å². The van der Waals surface area contributed by atoms with Gasteiger partial charge in [-0.1, -0.05) is 26.0 Å². The van der Waals surface area contributed by atoms with Crippen molar-refractivity contribution in [3.8, 4) is 5.75 Å². The number of hydrogen-bond acceptors (Lipinski definition) is 2. The van der Waals surface area contributed by atoms with E-state index >= 15 is 0 Å². The molecule has 1 aromatic carbocycles. The Bertz CT molecular complexity index is 256. The van der Waals surface area contributed by atoms with Gasteiger partial charge in [0.2, 0.25) is 0 Å². The highest BCUT2D eigenvalue weighted by Gasteiger charge is 2.04. The van der Waals surface area contributed by atoms with E-state index in [2.05, 4.69) is 19.2 Å². The zero-order chi connectivity index (χ0) is 10.4. The minimum absolute atomic E-state index is 0.338. The predicted molar refractivity (Wildman–Crippen MR) is 59.6 cm³/mol. The number of benzene rings is 1. The molecule has 14 heavy (non-hydrogen) atoms. The Hall–Kier alpha value is -1.02. The minimum atomic E-state index is 0.338. The maximum Gasteiger partial charge on any atom is 0.115 e. The summed E-state index contributed by atoms with van der Waals surface area (Å²) in [6.45, 7) is 5.32. The first-order chi connectivity index (χ1) is 6.76. The highest BCUT2D eigenvalue weighted by atomic mass is 16.3. The van der Waals surface area contributed by atoms with E-state index in [4.69, 9.17) is 5.11 Å². The first-order valence-electron chi connectivity index (χ1n) is 5.27. The molecule has 1 rings (SSSR count). The van der Waals surface area contributed by atoms with Gasteiger partial charge in [-0.05, 0) is 37.1 Å². The SMILES string of the molecule is CCNC(CC)Cc1ccc(O)cc1. The Morgan fingerprint density at radius 1 is 1.21 bits per heavy atom. The lowest BCUT2D eigenvalue weighted by Gasteiger charge is -2.15. The van der Waals surface area contributed by atoms with Crippen molar-refractivity contribution in [1.82, 2.24) is 5.32 Å². The molecule has 2 heteroatoms. The lowest BCUT2D eigenvalue weighted by molar-refractivity contribution is 0.474. The number of phenols is 1. The highest BCUT2D eigenvalue weighted by Crippen LogP contribution is 2.12. The molecule has 1 atom stereocenters. The third-order valence-electron chi connectivity index (χ3n) is 2.40. The van der Waals surface area contributed by atoms with Crippen molar-refractivity contribution in [3.63, 3.8) is 0 Å². The summed E-state index contributed by atoms with van der Waals surface area (Å²) >= 11 is 0. The fourth-order valence-corrected chi connectivity index (χ4v) is 1.57. The number of hydrogen-bond donors (Lipinski definition) is 2. The quantitative estimate of drug-likeness (QED) is 0.752. The van der Waals surface area contributed by atoms with Gasteiger partial charge < -0.3 is 10.4 Å². The van der Waals surface area contributed by atoms with Crippen LogP contribution in [0.25, 0.3) is 0 Å². The van der Waals surface area contributed by atoms with Gasteiger partial charge in [0.25, 0.3) is 0 Å². The molecule has 0 aliphatic rings. The van der Waals surface area contributed by atoms with Crippen LogP contribution in [0.15, 0.2) is 24.3 Å². The normalized spacial score (nSPS) is 12.7. The van der Waals surface area contributed by atoms with Gasteiger partial charge in [-0.25, -0.2) is 0 Å². The van der Waals surface area contributed by atoms with E-state index in [-0.39, 0.29) is 0 Å². The molecule has 0 saturated carbocycles. The van der Waals surface area contributed by atoms with Crippen LogP contribution in [0.4, 0.5) is 0 Å². The summed E-state index contributed by atoms with van der Waals surface area (Å²) in [5, 5.41) is 12.6. The number of phenolic OH excluding ortho intramolecular Hbond substituents is 1. The molecule has 2 N–H and O–H groups in total. The Morgan fingerprint density at radius 3 is 2.36 bits per heavy atom. The molecular weight excluding hydrogens is 174 g/mol. The summed E-state index contributed by atoms with van der Waals surface area (Å²) in [7, 11) is 0. The molecule has 0 bridgehead atoms. The predicted octanol–water partition coefficient (Wildman–Crippen LogP) is 2.32. The second-order valence-electron chi connectivity index (χ2n) is 3.53. The van der Waals surface area contributed by atoms with Crippen molar-refractivity contribution < 1.29 is 5.11 Å². The second kappa shape index (κ2) is 5.66. The summed E-state index contributed by atoms with van der Waals surface area (Å²) in [4.78, 5) is 0. The molecule has 0 radical (unpaired) electrons. The van der Waals surface area contributed by atoms with Crippen LogP contribution in [-0.4, -0.2) is 17.7 Å². The van der Waals surface area contributed by atoms with E-state index in [0.717, 1.165) is 19.4 Å². The van der Waals surface area contributed by atoms with Crippen LogP contribution in [0.5, 0.6) is 5.75 Å². The number of likely N-dealkylation sites (N-methyl/N-ethyl adjacent to an activating group) is 1. The van der Waals surface area contributed by atoms with Crippen molar-refractivity contribution in [2.24, 2.45) is 0 Å². The lowest BCUT2D eigenvalue weighted by atomic mass is 10.0. The number of aromatic hydroxyl groups is 1. The van der Waals surface area contributed by atoms with Gasteiger partial charge in [-0.3, -0.25) is 0 Å². The molecule has 0 aliphatic carbocycles. The zero-order valence-corrected chi connectivity index (χ0v) is 8.96. The summed E-state index contributed by atoms with van der Waals surface area (Å²) in [5.41, 5.74) is 1.27. The van der Waals surface area contributed by atoms with Gasteiger partial charge in [0.15, 0.2) is 0 Å². The second-order valence-corrected chi connectivity index (χ2v) is 3.53. The van der Waals surface area contributed by atoms with Gasteiger partial charge >= 0.3 is 0 Å². The van der Waals surface area contributed by atoms with Gasteiger partial charge in [0, 0.05) is 6.04 Å². The lowest BCUT2D eigenvalue weighted by Crippen LogP contribution is -2.30. The summed E-state index contributed by atoms with van der Waals surface area (Å²) in [5.74, 6) is 0.338. The fourth-order valence-electron chi connectivity index (χ4n) is 1.57. The molecule has 2 nitrogen and oxygen atoms in total. The minimum Gasteiger partial charge on any atom is -0.508 e. The maximum atomic E-state index is 9.14.